The molecule has 0 aliphatic carbocycles. The van der Waals surface area contributed by atoms with Crippen LogP contribution in [0.1, 0.15) is 22.1 Å². The Balaban J connectivity index is 1.58. The quantitative estimate of drug-likeness (QED) is 0.492. The van der Waals surface area contributed by atoms with Crippen molar-refractivity contribution in [3.63, 3.8) is 0 Å². The lowest BCUT2D eigenvalue weighted by Crippen LogP contribution is -2.02. The fourth-order valence-electron chi connectivity index (χ4n) is 3.20. The van der Waals surface area contributed by atoms with E-state index >= 15 is 0 Å². The number of aromatic nitrogens is 8. The Morgan fingerprint density at radius 2 is 2.04 bits per heavy atom. The van der Waals surface area contributed by atoms with Crippen molar-refractivity contribution < 1.29 is 0 Å². The minimum atomic E-state index is 0.618. The van der Waals surface area contributed by atoms with Crippen LogP contribution < -0.4 is 0 Å². The van der Waals surface area contributed by atoms with Crippen LogP contribution in [0.5, 0.6) is 0 Å². The molecule has 0 N–H and O–H groups in total. The van der Waals surface area contributed by atoms with Crippen LogP contribution in [0, 0.1) is 20.8 Å². The van der Waals surface area contributed by atoms with Crippen LogP contribution in [0.3, 0.4) is 0 Å². The molecule has 5 heterocycles. The van der Waals surface area contributed by atoms with Gasteiger partial charge < -0.3 is 4.57 Å². The van der Waals surface area contributed by atoms with Gasteiger partial charge in [-0.3, -0.25) is 0 Å². The molecule has 0 bridgehead atoms. The summed E-state index contributed by atoms with van der Waals surface area (Å²) in [5.41, 5.74) is 4.69. The Morgan fingerprint density at radius 3 is 2.88 bits per heavy atom. The van der Waals surface area contributed by atoms with Gasteiger partial charge >= 0.3 is 0 Å². The van der Waals surface area contributed by atoms with E-state index in [9.17, 15) is 0 Å². The fraction of sp³-hybridized carbons (Fsp3) is 0.235. The molecule has 0 unspecified atom stereocenters. The van der Waals surface area contributed by atoms with Gasteiger partial charge in [0.2, 0.25) is 4.96 Å². The first-order chi connectivity index (χ1) is 12.6. The summed E-state index contributed by atoms with van der Waals surface area (Å²) in [6, 6.07) is 2.02. The number of nitrogens with zero attached hydrogens (tertiary/aromatic N) is 8. The molecule has 9 heteroatoms. The number of hydrogen-bond donors (Lipinski definition) is 0. The van der Waals surface area contributed by atoms with Gasteiger partial charge in [0.1, 0.15) is 10.8 Å². The highest BCUT2D eigenvalue weighted by atomic mass is 32.1. The fourth-order valence-corrected chi connectivity index (χ4v) is 3.95. The molecule has 0 spiro atoms. The SMILES string of the molecule is Cc1cc(C)n2ncc(-c3nccn3Cc3cn4nc(C)sc4n3)c2n1. The maximum Gasteiger partial charge on any atom is 0.212 e. The molecule has 0 fully saturated rings. The van der Waals surface area contributed by atoms with Crippen molar-refractivity contribution in [3.8, 4) is 11.4 Å². The molecule has 8 nitrogen and oxygen atoms in total. The summed E-state index contributed by atoms with van der Waals surface area (Å²) in [6.07, 6.45) is 7.53. The highest BCUT2D eigenvalue weighted by Gasteiger charge is 2.16. The lowest BCUT2D eigenvalue weighted by molar-refractivity contribution is 0.786. The van der Waals surface area contributed by atoms with Crippen molar-refractivity contribution >= 4 is 21.9 Å². The lowest BCUT2D eigenvalue weighted by Gasteiger charge is -2.06. The zero-order chi connectivity index (χ0) is 17.8. The van der Waals surface area contributed by atoms with Crippen molar-refractivity contribution in [1.82, 2.24) is 38.7 Å². The normalized spacial score (nSPS) is 11.8. The van der Waals surface area contributed by atoms with E-state index in [2.05, 4.69) is 29.7 Å². The van der Waals surface area contributed by atoms with E-state index in [-0.39, 0.29) is 0 Å². The first-order valence-electron chi connectivity index (χ1n) is 8.23. The molecule has 0 amide bonds. The van der Waals surface area contributed by atoms with Crippen LogP contribution in [0.2, 0.25) is 0 Å². The topological polar surface area (TPSA) is 78.2 Å². The average Bonchev–Trinajstić information content (AvgIpc) is 3.30. The van der Waals surface area contributed by atoms with Gasteiger partial charge in [0.15, 0.2) is 5.65 Å². The molecule has 0 saturated carbocycles. The van der Waals surface area contributed by atoms with Gasteiger partial charge in [-0.2, -0.15) is 10.2 Å². The zero-order valence-electron chi connectivity index (χ0n) is 14.6. The van der Waals surface area contributed by atoms with Crippen LogP contribution in [0.25, 0.3) is 22.0 Å². The van der Waals surface area contributed by atoms with Crippen LogP contribution in [0.15, 0.2) is 30.9 Å². The maximum absolute atomic E-state index is 4.66. The van der Waals surface area contributed by atoms with Gasteiger partial charge in [-0.25, -0.2) is 24.0 Å². The van der Waals surface area contributed by atoms with Crippen molar-refractivity contribution in [3.05, 3.63) is 52.9 Å². The Kier molecular flexibility index (Phi) is 3.20. The summed E-state index contributed by atoms with van der Waals surface area (Å²) in [6.45, 7) is 6.61. The van der Waals surface area contributed by atoms with E-state index < -0.39 is 0 Å². The highest BCUT2D eigenvalue weighted by molar-refractivity contribution is 7.16. The molecule has 0 saturated heterocycles. The Morgan fingerprint density at radius 1 is 1.15 bits per heavy atom. The van der Waals surface area contributed by atoms with Crippen molar-refractivity contribution in [2.24, 2.45) is 0 Å². The first kappa shape index (κ1) is 15.2. The summed E-state index contributed by atoms with van der Waals surface area (Å²) in [5.74, 6) is 0.831. The third kappa shape index (κ3) is 2.31. The predicted molar refractivity (Wildman–Crippen MR) is 98.4 cm³/mol. The van der Waals surface area contributed by atoms with Gasteiger partial charge in [0.25, 0.3) is 0 Å². The van der Waals surface area contributed by atoms with E-state index in [1.165, 1.54) is 0 Å². The number of rotatable bonds is 3. The van der Waals surface area contributed by atoms with Crippen LogP contribution in [-0.2, 0) is 6.54 Å². The van der Waals surface area contributed by atoms with Crippen molar-refractivity contribution in [2.45, 2.75) is 27.3 Å². The number of imidazole rings is 2. The summed E-state index contributed by atoms with van der Waals surface area (Å²) < 4.78 is 5.74. The van der Waals surface area contributed by atoms with Crippen LogP contribution in [-0.4, -0.2) is 38.7 Å². The molecule has 0 aliphatic heterocycles. The predicted octanol–water partition coefficient (Wildman–Crippen LogP) is 2.67. The van der Waals surface area contributed by atoms with E-state index in [4.69, 9.17) is 0 Å². The standard InChI is InChI=1S/C17H16N8S/c1-10-6-11(2)25-16(20-10)14(7-19-25)15-18-4-5-23(15)8-13-9-24-17(21-13)26-12(3)22-24/h4-7,9H,8H2,1-3H3. The lowest BCUT2D eigenvalue weighted by atomic mass is 10.3. The first-order valence-corrected chi connectivity index (χ1v) is 9.05. The number of fused-ring (bicyclic) bond motifs is 2. The molecule has 5 aromatic heterocycles. The largest absolute Gasteiger partial charge is 0.325 e. The zero-order valence-corrected chi connectivity index (χ0v) is 15.4. The average molecular weight is 364 g/mol. The summed E-state index contributed by atoms with van der Waals surface area (Å²) in [7, 11) is 0. The minimum absolute atomic E-state index is 0.618. The van der Waals surface area contributed by atoms with E-state index in [1.54, 1.807) is 17.5 Å². The van der Waals surface area contributed by atoms with Gasteiger partial charge in [0.05, 0.1) is 30.2 Å². The second-order valence-electron chi connectivity index (χ2n) is 6.29. The molecule has 0 atom stereocenters. The maximum atomic E-state index is 4.66. The van der Waals surface area contributed by atoms with Crippen molar-refractivity contribution in [1.29, 1.82) is 0 Å². The van der Waals surface area contributed by atoms with E-state index in [0.29, 0.717) is 6.54 Å². The third-order valence-corrected chi connectivity index (χ3v) is 5.10. The summed E-state index contributed by atoms with van der Waals surface area (Å²) in [4.78, 5) is 14.8. The summed E-state index contributed by atoms with van der Waals surface area (Å²) in [5, 5.41) is 9.90. The Hall–Kier alpha value is -3.07. The monoisotopic (exact) mass is 364 g/mol. The Bertz CT molecular complexity index is 1220. The highest BCUT2D eigenvalue weighted by Crippen LogP contribution is 2.24. The van der Waals surface area contributed by atoms with Gasteiger partial charge in [0, 0.05) is 23.8 Å². The number of hydrogen-bond acceptors (Lipinski definition) is 6. The molecule has 5 rings (SSSR count). The van der Waals surface area contributed by atoms with Gasteiger partial charge in [-0.15, -0.1) is 0 Å². The molecule has 0 aliphatic rings. The van der Waals surface area contributed by atoms with Crippen molar-refractivity contribution in [2.75, 3.05) is 0 Å². The number of aryl methyl sites for hydroxylation is 3. The third-order valence-electron chi connectivity index (χ3n) is 4.26. The van der Waals surface area contributed by atoms with Gasteiger partial charge in [-0.1, -0.05) is 11.3 Å². The molecule has 0 aromatic carbocycles. The minimum Gasteiger partial charge on any atom is -0.325 e. The molecule has 0 radical (unpaired) electrons. The van der Waals surface area contributed by atoms with Crippen LogP contribution in [0.4, 0.5) is 0 Å². The molecule has 130 valence electrons. The smallest absolute Gasteiger partial charge is 0.212 e. The molecule has 26 heavy (non-hydrogen) atoms. The van der Waals surface area contributed by atoms with E-state index in [0.717, 1.165) is 44.1 Å². The van der Waals surface area contributed by atoms with Gasteiger partial charge in [-0.05, 0) is 26.8 Å². The second-order valence-corrected chi connectivity index (χ2v) is 7.45. The molecule has 5 aromatic rings. The van der Waals surface area contributed by atoms with Crippen LogP contribution >= 0.6 is 11.3 Å². The molecular formula is C17H16N8S. The second kappa shape index (κ2) is 5.46. The molecular weight excluding hydrogens is 348 g/mol. The summed E-state index contributed by atoms with van der Waals surface area (Å²) >= 11 is 1.59. The Labute approximate surface area is 152 Å². The van der Waals surface area contributed by atoms with E-state index in [1.807, 2.05) is 54.5 Å².